The smallest absolute Gasteiger partial charge is 0.261 e. The summed E-state index contributed by atoms with van der Waals surface area (Å²) in [5.41, 5.74) is 5.11. The van der Waals surface area contributed by atoms with Crippen LogP contribution in [0.4, 0.5) is 0 Å². The molecule has 3 aliphatic rings. The van der Waals surface area contributed by atoms with Gasteiger partial charge in [0.2, 0.25) is 11.8 Å². The number of hydrogen-bond acceptors (Lipinski definition) is 6. The maximum absolute atomic E-state index is 12.5. The molecular formula is C18H27N5O4S. The van der Waals surface area contributed by atoms with E-state index in [1.54, 1.807) is 6.92 Å². The van der Waals surface area contributed by atoms with Gasteiger partial charge < -0.3 is 10.1 Å². The summed E-state index contributed by atoms with van der Waals surface area (Å²) in [7, 11) is 0. The summed E-state index contributed by atoms with van der Waals surface area (Å²) in [6, 6.07) is -0.894. The van der Waals surface area contributed by atoms with Gasteiger partial charge in [0.25, 0.3) is 5.91 Å². The Bertz CT molecular complexity index is 638. The highest BCUT2D eigenvalue weighted by atomic mass is 32.1. The van der Waals surface area contributed by atoms with Gasteiger partial charge in [-0.25, -0.2) is 0 Å². The molecule has 3 amide bonds. The van der Waals surface area contributed by atoms with E-state index in [1.807, 2.05) is 12.2 Å². The standard InChI is InChI=1S/C18H27N5O4S/c1-12(23-16(25)13-4-2-3-5-14(13)17(23)26)15(24)20-21-18(28)19-6-7-22-8-10-27-11-9-22/h2-3,12-14H,4-11H2,1H3,(H,20,24)(H2,19,21,28)/t12-,13-,14+/m0/s1. The molecular weight excluding hydrogens is 382 g/mol. The minimum atomic E-state index is -0.894. The van der Waals surface area contributed by atoms with Crippen LogP contribution < -0.4 is 16.2 Å². The average Bonchev–Trinajstić information content (AvgIpc) is 2.97. The fraction of sp³-hybridized carbons (Fsp3) is 0.667. The molecule has 10 heteroatoms. The summed E-state index contributed by atoms with van der Waals surface area (Å²) in [4.78, 5) is 40.9. The van der Waals surface area contributed by atoms with Crippen LogP contribution in [0.1, 0.15) is 19.8 Å². The molecule has 0 radical (unpaired) electrons. The number of thiocarbonyl (C=S) groups is 1. The number of morpholine rings is 1. The van der Waals surface area contributed by atoms with Crippen LogP contribution >= 0.6 is 12.2 Å². The van der Waals surface area contributed by atoms with Crippen molar-refractivity contribution in [2.75, 3.05) is 39.4 Å². The number of rotatable bonds is 5. The molecule has 3 atom stereocenters. The molecule has 2 heterocycles. The van der Waals surface area contributed by atoms with Crippen molar-refractivity contribution in [3.05, 3.63) is 12.2 Å². The molecule has 0 saturated carbocycles. The predicted molar refractivity (Wildman–Crippen MR) is 106 cm³/mol. The number of imide groups is 1. The van der Waals surface area contributed by atoms with Gasteiger partial charge in [0.05, 0.1) is 25.0 Å². The molecule has 0 bridgehead atoms. The zero-order valence-electron chi connectivity index (χ0n) is 16.0. The van der Waals surface area contributed by atoms with Gasteiger partial charge in [0, 0.05) is 26.2 Å². The first-order valence-electron chi connectivity index (χ1n) is 9.64. The Balaban J connectivity index is 1.41. The van der Waals surface area contributed by atoms with Crippen LogP contribution in [0.3, 0.4) is 0 Å². The molecule has 1 aliphatic carbocycles. The van der Waals surface area contributed by atoms with E-state index in [4.69, 9.17) is 17.0 Å². The molecule has 3 N–H and O–H groups in total. The third-order valence-electron chi connectivity index (χ3n) is 5.42. The number of hydrogen-bond donors (Lipinski definition) is 3. The second kappa shape index (κ2) is 9.44. The first-order chi connectivity index (χ1) is 13.5. The summed E-state index contributed by atoms with van der Waals surface area (Å²) >= 11 is 5.15. The van der Waals surface area contributed by atoms with Crippen molar-refractivity contribution < 1.29 is 19.1 Å². The van der Waals surface area contributed by atoms with Crippen LogP contribution in [-0.2, 0) is 19.1 Å². The monoisotopic (exact) mass is 409 g/mol. The molecule has 3 rings (SSSR count). The minimum Gasteiger partial charge on any atom is -0.379 e. The Morgan fingerprint density at radius 1 is 1.18 bits per heavy atom. The lowest BCUT2D eigenvalue weighted by Gasteiger charge is -2.26. The maximum atomic E-state index is 12.5. The zero-order valence-corrected chi connectivity index (χ0v) is 16.8. The fourth-order valence-electron chi connectivity index (χ4n) is 3.74. The van der Waals surface area contributed by atoms with E-state index in [-0.39, 0.29) is 28.8 Å². The van der Waals surface area contributed by atoms with E-state index in [0.717, 1.165) is 37.7 Å². The van der Waals surface area contributed by atoms with E-state index >= 15 is 0 Å². The molecule has 0 aromatic rings. The molecule has 0 aromatic carbocycles. The van der Waals surface area contributed by atoms with Crippen molar-refractivity contribution in [2.45, 2.75) is 25.8 Å². The van der Waals surface area contributed by atoms with Gasteiger partial charge in [-0.3, -0.25) is 35.0 Å². The lowest BCUT2D eigenvalue weighted by molar-refractivity contribution is -0.147. The van der Waals surface area contributed by atoms with E-state index in [2.05, 4.69) is 21.1 Å². The maximum Gasteiger partial charge on any atom is 0.261 e. The number of amides is 3. The normalized spacial score (nSPS) is 26.0. The molecule has 0 aromatic heterocycles. The van der Waals surface area contributed by atoms with Gasteiger partial charge in [0.1, 0.15) is 6.04 Å². The van der Waals surface area contributed by atoms with Crippen molar-refractivity contribution >= 4 is 35.1 Å². The lowest BCUT2D eigenvalue weighted by atomic mass is 9.85. The SMILES string of the molecule is C[C@@H](C(=O)NNC(=S)NCCN1CCOCC1)N1C(=O)[C@H]2CC=CC[C@H]2C1=O. The van der Waals surface area contributed by atoms with Gasteiger partial charge >= 0.3 is 0 Å². The number of likely N-dealkylation sites (tertiary alicyclic amines) is 1. The zero-order chi connectivity index (χ0) is 20.1. The van der Waals surface area contributed by atoms with Crippen molar-refractivity contribution in [2.24, 2.45) is 11.8 Å². The first kappa shape index (κ1) is 20.7. The van der Waals surface area contributed by atoms with Crippen LogP contribution in [0.2, 0.25) is 0 Å². The van der Waals surface area contributed by atoms with Crippen molar-refractivity contribution in [1.29, 1.82) is 0 Å². The lowest BCUT2D eigenvalue weighted by Crippen LogP contribution is -2.55. The van der Waals surface area contributed by atoms with Gasteiger partial charge in [-0.1, -0.05) is 12.2 Å². The molecule has 28 heavy (non-hydrogen) atoms. The summed E-state index contributed by atoms with van der Waals surface area (Å²) in [5.74, 6) is -1.71. The summed E-state index contributed by atoms with van der Waals surface area (Å²) in [6.45, 7) is 6.27. The number of allylic oxidation sites excluding steroid dienone is 2. The van der Waals surface area contributed by atoms with Gasteiger partial charge in [0.15, 0.2) is 5.11 Å². The van der Waals surface area contributed by atoms with E-state index in [1.165, 1.54) is 0 Å². The Hall–Kier alpha value is -2.04. The van der Waals surface area contributed by atoms with E-state index < -0.39 is 11.9 Å². The van der Waals surface area contributed by atoms with E-state index in [9.17, 15) is 14.4 Å². The first-order valence-corrected chi connectivity index (χ1v) is 10.1. The molecule has 9 nitrogen and oxygen atoms in total. The predicted octanol–water partition coefficient (Wildman–Crippen LogP) is -0.846. The van der Waals surface area contributed by atoms with Crippen molar-refractivity contribution in [3.8, 4) is 0 Å². The second-order valence-corrected chi connectivity index (χ2v) is 7.61. The molecule has 2 saturated heterocycles. The van der Waals surface area contributed by atoms with Gasteiger partial charge in [-0.15, -0.1) is 0 Å². The number of nitrogens with zero attached hydrogens (tertiary/aromatic N) is 2. The van der Waals surface area contributed by atoms with Crippen LogP contribution in [0, 0.1) is 11.8 Å². The fourth-order valence-corrected chi connectivity index (χ4v) is 3.90. The Morgan fingerprint density at radius 2 is 1.79 bits per heavy atom. The van der Waals surface area contributed by atoms with E-state index in [0.29, 0.717) is 19.4 Å². The van der Waals surface area contributed by atoms with Crippen LogP contribution in [-0.4, -0.2) is 78.1 Å². The summed E-state index contributed by atoms with van der Waals surface area (Å²) in [5, 5.41) is 3.30. The molecule has 0 unspecified atom stereocenters. The van der Waals surface area contributed by atoms with Gasteiger partial charge in [-0.05, 0) is 32.0 Å². The van der Waals surface area contributed by atoms with Crippen LogP contribution in [0.5, 0.6) is 0 Å². The molecule has 154 valence electrons. The minimum absolute atomic E-state index is 0.270. The third kappa shape index (κ3) is 4.68. The highest BCUT2D eigenvalue weighted by molar-refractivity contribution is 7.80. The van der Waals surface area contributed by atoms with Crippen LogP contribution in [0.15, 0.2) is 12.2 Å². The number of nitrogens with one attached hydrogen (secondary N) is 3. The quantitative estimate of drug-likeness (QED) is 0.234. The molecule has 0 spiro atoms. The largest absolute Gasteiger partial charge is 0.379 e. The average molecular weight is 410 g/mol. The second-order valence-electron chi connectivity index (χ2n) is 7.20. The Kier molecular flexibility index (Phi) is 6.97. The topological polar surface area (TPSA) is 103 Å². The van der Waals surface area contributed by atoms with Crippen molar-refractivity contribution in [1.82, 2.24) is 26.0 Å². The van der Waals surface area contributed by atoms with Gasteiger partial charge in [-0.2, -0.15) is 0 Å². The summed E-state index contributed by atoms with van der Waals surface area (Å²) in [6.07, 6.45) is 4.94. The van der Waals surface area contributed by atoms with Crippen molar-refractivity contribution in [3.63, 3.8) is 0 Å². The highest BCUT2D eigenvalue weighted by Gasteiger charge is 2.50. The molecule has 2 aliphatic heterocycles. The van der Waals surface area contributed by atoms with Crippen LogP contribution in [0.25, 0.3) is 0 Å². The Morgan fingerprint density at radius 3 is 2.39 bits per heavy atom. The number of ether oxygens (including phenoxy) is 1. The number of fused-ring (bicyclic) bond motifs is 1. The number of carbonyl (C=O) groups is 3. The highest BCUT2D eigenvalue weighted by Crippen LogP contribution is 2.35. The number of carbonyl (C=O) groups excluding carboxylic acids is 3. The number of hydrazine groups is 1. The third-order valence-corrected chi connectivity index (χ3v) is 5.67. The summed E-state index contributed by atoms with van der Waals surface area (Å²) < 4.78 is 5.30. The Labute approximate surface area is 169 Å². The molecule has 2 fully saturated rings.